The lowest BCUT2D eigenvalue weighted by Gasteiger charge is -2.15. The van der Waals surface area contributed by atoms with Crippen LogP contribution in [0.25, 0.3) is 5.69 Å². The molecule has 138 valence electrons. The molecule has 1 aromatic heterocycles. The highest BCUT2D eigenvalue weighted by molar-refractivity contribution is 5.94. The number of carbonyl (C=O) groups is 1. The normalized spacial score (nSPS) is 11.7. The van der Waals surface area contributed by atoms with Gasteiger partial charge in [-0.05, 0) is 55.8 Å². The van der Waals surface area contributed by atoms with Crippen molar-refractivity contribution in [3.8, 4) is 11.6 Å². The van der Waals surface area contributed by atoms with E-state index < -0.39 is 17.5 Å². The van der Waals surface area contributed by atoms with E-state index in [2.05, 4.69) is 10.4 Å². The second-order valence-corrected chi connectivity index (χ2v) is 6.02. The smallest absolute Gasteiger partial charge is 0.271 e. The van der Waals surface area contributed by atoms with E-state index in [1.165, 1.54) is 36.4 Å². The van der Waals surface area contributed by atoms with E-state index in [0.29, 0.717) is 11.4 Å². The number of aromatic nitrogens is 2. The zero-order valence-electron chi connectivity index (χ0n) is 14.8. The van der Waals surface area contributed by atoms with Crippen LogP contribution < -0.4 is 15.6 Å². The largest absolute Gasteiger partial charge is 0.463 e. The lowest BCUT2D eigenvalue weighted by atomic mass is 10.2. The second-order valence-electron chi connectivity index (χ2n) is 6.02. The van der Waals surface area contributed by atoms with Crippen molar-refractivity contribution in [1.29, 1.82) is 0 Å². The van der Waals surface area contributed by atoms with Crippen molar-refractivity contribution in [2.24, 2.45) is 0 Å². The maximum Gasteiger partial charge on any atom is 0.271 e. The third kappa shape index (κ3) is 4.58. The second kappa shape index (κ2) is 7.82. The summed E-state index contributed by atoms with van der Waals surface area (Å²) in [6.07, 6.45) is -0.836. The number of rotatable bonds is 5. The lowest BCUT2D eigenvalue weighted by Crippen LogP contribution is -2.31. The molecule has 2 aromatic carbocycles. The molecule has 27 heavy (non-hydrogen) atoms. The van der Waals surface area contributed by atoms with Crippen LogP contribution in [0.15, 0.2) is 65.5 Å². The summed E-state index contributed by atoms with van der Waals surface area (Å²) in [6, 6.07) is 15.4. The van der Waals surface area contributed by atoms with Crippen molar-refractivity contribution in [2.75, 3.05) is 5.32 Å². The first-order valence-electron chi connectivity index (χ1n) is 8.33. The fraction of sp³-hybridized carbons (Fsp3) is 0.150. The topological polar surface area (TPSA) is 73.2 Å². The van der Waals surface area contributed by atoms with E-state index >= 15 is 0 Å². The number of hydrogen-bond donors (Lipinski definition) is 1. The maximum atomic E-state index is 13.1. The number of aryl methyl sites for hydroxylation is 1. The minimum Gasteiger partial charge on any atom is -0.463 e. The number of anilines is 1. The highest BCUT2D eigenvalue weighted by Crippen LogP contribution is 2.13. The molecule has 6 nitrogen and oxygen atoms in total. The fourth-order valence-electron chi connectivity index (χ4n) is 2.43. The third-order valence-corrected chi connectivity index (χ3v) is 3.80. The first-order valence-corrected chi connectivity index (χ1v) is 8.33. The van der Waals surface area contributed by atoms with Crippen molar-refractivity contribution in [1.82, 2.24) is 9.78 Å². The van der Waals surface area contributed by atoms with Gasteiger partial charge in [0.2, 0.25) is 5.88 Å². The lowest BCUT2D eigenvalue weighted by molar-refractivity contribution is -0.122. The van der Waals surface area contributed by atoms with Gasteiger partial charge in [-0.3, -0.25) is 9.59 Å². The molecule has 1 amide bonds. The number of nitrogens with one attached hydrogen (secondary N) is 1. The van der Waals surface area contributed by atoms with E-state index in [9.17, 15) is 14.0 Å². The highest BCUT2D eigenvalue weighted by atomic mass is 19.1. The fourth-order valence-corrected chi connectivity index (χ4v) is 2.43. The molecule has 0 aliphatic heterocycles. The van der Waals surface area contributed by atoms with Crippen LogP contribution in [0.4, 0.5) is 10.1 Å². The Labute approximate surface area is 155 Å². The number of halogens is 1. The monoisotopic (exact) mass is 367 g/mol. The van der Waals surface area contributed by atoms with Gasteiger partial charge in [-0.15, -0.1) is 5.10 Å². The molecule has 1 atom stereocenters. The third-order valence-electron chi connectivity index (χ3n) is 3.80. The van der Waals surface area contributed by atoms with Crippen LogP contribution in [0.5, 0.6) is 5.88 Å². The highest BCUT2D eigenvalue weighted by Gasteiger charge is 2.16. The number of carbonyl (C=O) groups excluding carboxylic acids is 1. The first-order chi connectivity index (χ1) is 12.9. The summed E-state index contributed by atoms with van der Waals surface area (Å²) in [6.45, 7) is 3.51. The van der Waals surface area contributed by atoms with Gasteiger partial charge >= 0.3 is 0 Å². The van der Waals surface area contributed by atoms with E-state index in [1.54, 1.807) is 13.0 Å². The van der Waals surface area contributed by atoms with Gasteiger partial charge in [0.05, 0.1) is 5.69 Å². The molecule has 0 aliphatic rings. The van der Waals surface area contributed by atoms with Crippen LogP contribution in [0, 0.1) is 12.7 Å². The van der Waals surface area contributed by atoms with E-state index in [1.807, 2.05) is 25.1 Å². The molecule has 0 unspecified atom stereocenters. The SMILES string of the molecule is Cc1cccc(NC(=O)[C@@H](C)Oc2ccc(=O)n(-c3ccc(F)cc3)n2)c1. The Bertz CT molecular complexity index is 1020. The first kappa shape index (κ1) is 18.3. The quantitative estimate of drug-likeness (QED) is 0.752. The van der Waals surface area contributed by atoms with Gasteiger partial charge < -0.3 is 10.1 Å². The van der Waals surface area contributed by atoms with E-state index in [4.69, 9.17) is 4.74 Å². The van der Waals surface area contributed by atoms with Crippen LogP contribution in [-0.2, 0) is 4.79 Å². The average Bonchev–Trinajstić information content (AvgIpc) is 2.64. The van der Waals surface area contributed by atoms with Crippen LogP contribution in [0.3, 0.4) is 0 Å². The number of hydrogen-bond acceptors (Lipinski definition) is 4. The van der Waals surface area contributed by atoms with Gasteiger partial charge in [0.15, 0.2) is 6.10 Å². The predicted octanol–water partition coefficient (Wildman–Crippen LogP) is 3.09. The van der Waals surface area contributed by atoms with Crippen molar-refractivity contribution in [3.05, 3.63) is 82.4 Å². The van der Waals surface area contributed by atoms with Crippen molar-refractivity contribution < 1.29 is 13.9 Å². The summed E-state index contributed by atoms with van der Waals surface area (Å²) >= 11 is 0. The Kier molecular flexibility index (Phi) is 5.30. The van der Waals surface area contributed by atoms with E-state index in [-0.39, 0.29) is 11.8 Å². The van der Waals surface area contributed by atoms with Crippen LogP contribution in [0.2, 0.25) is 0 Å². The molecule has 0 aliphatic carbocycles. The Morgan fingerprint density at radius 1 is 1.15 bits per heavy atom. The van der Waals surface area contributed by atoms with Crippen molar-refractivity contribution >= 4 is 11.6 Å². The minimum atomic E-state index is -0.836. The molecule has 0 saturated carbocycles. The number of ether oxygens (including phenoxy) is 1. The Hall–Kier alpha value is -3.48. The molecule has 0 fully saturated rings. The Balaban J connectivity index is 1.75. The summed E-state index contributed by atoms with van der Waals surface area (Å²) in [5.41, 5.74) is 1.68. The van der Waals surface area contributed by atoms with Gasteiger partial charge in [0.25, 0.3) is 11.5 Å². The molecular weight excluding hydrogens is 349 g/mol. The molecule has 1 N–H and O–H groups in total. The molecule has 1 heterocycles. The number of benzene rings is 2. The zero-order chi connectivity index (χ0) is 19.4. The van der Waals surface area contributed by atoms with Crippen LogP contribution >= 0.6 is 0 Å². The number of nitrogens with zero attached hydrogens (tertiary/aromatic N) is 2. The molecule has 3 rings (SSSR count). The van der Waals surface area contributed by atoms with Gasteiger partial charge in [0, 0.05) is 17.8 Å². The molecule has 0 saturated heterocycles. The maximum absolute atomic E-state index is 13.1. The van der Waals surface area contributed by atoms with E-state index in [0.717, 1.165) is 10.2 Å². The molecule has 0 radical (unpaired) electrons. The molecule has 3 aromatic rings. The number of amides is 1. The Morgan fingerprint density at radius 2 is 1.89 bits per heavy atom. The summed E-state index contributed by atoms with van der Waals surface area (Å²) in [4.78, 5) is 24.3. The summed E-state index contributed by atoms with van der Waals surface area (Å²) < 4.78 is 19.7. The van der Waals surface area contributed by atoms with Crippen LogP contribution in [-0.4, -0.2) is 21.8 Å². The average molecular weight is 367 g/mol. The van der Waals surface area contributed by atoms with Gasteiger partial charge in [-0.2, -0.15) is 4.68 Å². The Morgan fingerprint density at radius 3 is 2.59 bits per heavy atom. The van der Waals surface area contributed by atoms with Crippen LogP contribution in [0.1, 0.15) is 12.5 Å². The van der Waals surface area contributed by atoms with Gasteiger partial charge in [0.1, 0.15) is 5.82 Å². The minimum absolute atomic E-state index is 0.103. The summed E-state index contributed by atoms with van der Waals surface area (Å²) in [5, 5.41) is 6.86. The molecule has 0 bridgehead atoms. The van der Waals surface area contributed by atoms with Gasteiger partial charge in [-0.1, -0.05) is 12.1 Å². The molecule has 0 spiro atoms. The van der Waals surface area contributed by atoms with Crippen molar-refractivity contribution in [2.45, 2.75) is 20.0 Å². The zero-order valence-corrected chi connectivity index (χ0v) is 14.8. The van der Waals surface area contributed by atoms with Gasteiger partial charge in [-0.25, -0.2) is 4.39 Å². The van der Waals surface area contributed by atoms with Crippen molar-refractivity contribution in [3.63, 3.8) is 0 Å². The predicted molar refractivity (Wildman–Crippen MR) is 99.7 cm³/mol. The molecule has 7 heteroatoms. The summed E-state index contributed by atoms with van der Waals surface area (Å²) in [5.74, 6) is -0.659. The standard InChI is InChI=1S/C20H18FN3O3/c1-13-4-3-5-16(12-13)22-20(26)14(2)27-18-10-11-19(25)24(23-18)17-8-6-15(21)7-9-17/h3-12,14H,1-2H3,(H,22,26)/t14-/m1/s1. The summed E-state index contributed by atoms with van der Waals surface area (Å²) in [7, 11) is 0. The molecular formula is C20H18FN3O3.